The maximum absolute atomic E-state index is 12.3. The SMILES string of the molecule is CCn1c(-c2ccc(N3CCCS3(=O)=O)cc2)c(C#N)c2ccc(NC(=O)OC(C)(C)C)cc21. The first-order valence-electron chi connectivity index (χ1n) is 11.2. The molecule has 2 aromatic carbocycles. The maximum Gasteiger partial charge on any atom is 0.412 e. The fourth-order valence-corrected chi connectivity index (χ4v) is 5.87. The second-order valence-corrected chi connectivity index (χ2v) is 11.2. The minimum absolute atomic E-state index is 0.164. The summed E-state index contributed by atoms with van der Waals surface area (Å²) in [6, 6.07) is 15.0. The van der Waals surface area contributed by atoms with E-state index in [2.05, 4.69) is 11.4 Å². The van der Waals surface area contributed by atoms with E-state index in [-0.39, 0.29) is 5.75 Å². The Balaban J connectivity index is 1.74. The zero-order chi connectivity index (χ0) is 24.7. The third-order valence-corrected chi connectivity index (χ3v) is 7.54. The number of ether oxygens (including phenoxy) is 1. The molecule has 2 heterocycles. The molecule has 9 heteroatoms. The average Bonchev–Trinajstić information content (AvgIpc) is 3.28. The van der Waals surface area contributed by atoms with E-state index in [1.54, 1.807) is 39.0 Å². The predicted octanol–water partition coefficient (Wildman–Crippen LogP) is 5.09. The average molecular weight is 481 g/mol. The molecule has 1 saturated heterocycles. The topological polar surface area (TPSA) is 104 Å². The molecule has 34 heavy (non-hydrogen) atoms. The highest BCUT2D eigenvalue weighted by atomic mass is 32.2. The van der Waals surface area contributed by atoms with Crippen LogP contribution in [0.15, 0.2) is 42.5 Å². The lowest BCUT2D eigenvalue weighted by Gasteiger charge is -2.19. The number of nitrogens with one attached hydrogen (secondary N) is 1. The first-order chi connectivity index (χ1) is 16.0. The highest BCUT2D eigenvalue weighted by molar-refractivity contribution is 7.93. The van der Waals surface area contributed by atoms with Gasteiger partial charge in [0.2, 0.25) is 10.0 Å². The Kier molecular flexibility index (Phi) is 6.04. The molecule has 3 aromatic rings. The molecular formula is C25H28N4O4S. The number of amides is 1. The van der Waals surface area contributed by atoms with Crippen LogP contribution in [0.4, 0.5) is 16.2 Å². The number of nitriles is 1. The smallest absolute Gasteiger partial charge is 0.412 e. The summed E-state index contributed by atoms with van der Waals surface area (Å²) in [7, 11) is -3.26. The standard InChI is InChI=1S/C25H28N4O4S/c1-5-28-22-15-18(27-24(30)33-25(2,3)4)9-12-20(22)21(16-26)23(28)17-7-10-19(11-8-17)29-13-6-14-34(29,31)32/h7-12,15H,5-6,13-14H2,1-4H3,(H,27,30). The largest absolute Gasteiger partial charge is 0.444 e. The Morgan fingerprint density at radius 1 is 1.18 bits per heavy atom. The Morgan fingerprint density at radius 2 is 1.88 bits per heavy atom. The number of aromatic nitrogens is 1. The molecular weight excluding hydrogens is 452 g/mol. The number of sulfonamides is 1. The number of carbonyl (C=O) groups is 1. The van der Waals surface area contributed by atoms with Crippen LogP contribution in [-0.4, -0.2) is 37.0 Å². The van der Waals surface area contributed by atoms with Crippen molar-refractivity contribution in [1.82, 2.24) is 4.57 Å². The van der Waals surface area contributed by atoms with Gasteiger partial charge in [0.15, 0.2) is 0 Å². The lowest BCUT2D eigenvalue weighted by atomic mass is 10.1. The van der Waals surface area contributed by atoms with Gasteiger partial charge in [-0.1, -0.05) is 12.1 Å². The highest BCUT2D eigenvalue weighted by Crippen LogP contribution is 2.36. The summed E-state index contributed by atoms with van der Waals surface area (Å²) in [5.41, 5.74) is 3.50. The van der Waals surface area contributed by atoms with Crippen molar-refractivity contribution >= 4 is 38.4 Å². The molecule has 1 amide bonds. The van der Waals surface area contributed by atoms with Crippen molar-refractivity contribution in [2.75, 3.05) is 21.9 Å². The summed E-state index contributed by atoms with van der Waals surface area (Å²) in [5, 5.41) is 13.5. The van der Waals surface area contributed by atoms with Crippen LogP contribution in [0.25, 0.3) is 22.2 Å². The molecule has 0 spiro atoms. The second-order valence-electron chi connectivity index (χ2n) is 9.23. The summed E-state index contributed by atoms with van der Waals surface area (Å²) < 4.78 is 33.3. The summed E-state index contributed by atoms with van der Waals surface area (Å²) in [6.45, 7) is 8.47. The normalized spacial score (nSPS) is 15.3. The Bertz CT molecular complexity index is 1390. The predicted molar refractivity (Wildman–Crippen MR) is 133 cm³/mol. The summed E-state index contributed by atoms with van der Waals surface area (Å²) in [5.74, 6) is 0.164. The first-order valence-corrected chi connectivity index (χ1v) is 12.8. The number of hydrogen-bond acceptors (Lipinski definition) is 5. The zero-order valence-electron chi connectivity index (χ0n) is 19.8. The van der Waals surface area contributed by atoms with E-state index in [0.717, 1.165) is 22.2 Å². The molecule has 0 bridgehead atoms. The number of benzene rings is 2. The molecule has 178 valence electrons. The van der Waals surface area contributed by atoms with E-state index in [1.165, 1.54) is 4.31 Å². The van der Waals surface area contributed by atoms with Crippen molar-refractivity contribution in [3.8, 4) is 17.3 Å². The van der Waals surface area contributed by atoms with Gasteiger partial charge in [-0.05, 0) is 70.0 Å². The van der Waals surface area contributed by atoms with Crippen LogP contribution >= 0.6 is 0 Å². The quantitative estimate of drug-likeness (QED) is 0.560. The molecule has 0 atom stereocenters. The zero-order valence-corrected chi connectivity index (χ0v) is 20.6. The molecule has 1 aliphatic rings. The first kappa shape index (κ1) is 23.6. The minimum atomic E-state index is -3.26. The number of fused-ring (bicyclic) bond motifs is 1. The summed E-state index contributed by atoms with van der Waals surface area (Å²) in [6.07, 6.45) is 0.0708. The van der Waals surface area contributed by atoms with Gasteiger partial charge < -0.3 is 9.30 Å². The summed E-state index contributed by atoms with van der Waals surface area (Å²) >= 11 is 0. The number of hydrogen-bond donors (Lipinski definition) is 1. The summed E-state index contributed by atoms with van der Waals surface area (Å²) in [4.78, 5) is 12.2. The number of rotatable bonds is 4. The molecule has 1 N–H and O–H groups in total. The number of anilines is 2. The van der Waals surface area contributed by atoms with Gasteiger partial charge in [-0.2, -0.15) is 5.26 Å². The van der Waals surface area contributed by atoms with Crippen molar-refractivity contribution in [2.45, 2.75) is 46.3 Å². The molecule has 1 aliphatic heterocycles. The minimum Gasteiger partial charge on any atom is -0.444 e. The van der Waals surface area contributed by atoms with Crippen molar-refractivity contribution in [3.05, 3.63) is 48.0 Å². The van der Waals surface area contributed by atoms with Crippen LogP contribution < -0.4 is 9.62 Å². The van der Waals surface area contributed by atoms with Gasteiger partial charge in [-0.3, -0.25) is 9.62 Å². The van der Waals surface area contributed by atoms with E-state index in [4.69, 9.17) is 4.74 Å². The van der Waals surface area contributed by atoms with Gasteiger partial charge in [0.1, 0.15) is 11.7 Å². The van der Waals surface area contributed by atoms with Crippen LogP contribution in [-0.2, 0) is 21.3 Å². The van der Waals surface area contributed by atoms with Gasteiger partial charge >= 0.3 is 6.09 Å². The van der Waals surface area contributed by atoms with E-state index in [1.807, 2.05) is 35.8 Å². The molecule has 0 unspecified atom stereocenters. The van der Waals surface area contributed by atoms with Gasteiger partial charge in [0, 0.05) is 24.2 Å². The van der Waals surface area contributed by atoms with Crippen LogP contribution in [0.1, 0.15) is 39.7 Å². The van der Waals surface area contributed by atoms with Crippen molar-refractivity contribution < 1.29 is 17.9 Å². The second kappa shape index (κ2) is 8.69. The van der Waals surface area contributed by atoms with Crippen LogP contribution in [0.5, 0.6) is 0 Å². The Labute approximate surface area is 199 Å². The van der Waals surface area contributed by atoms with Gasteiger partial charge in [0.05, 0.1) is 28.2 Å². The lowest BCUT2D eigenvalue weighted by Crippen LogP contribution is -2.27. The van der Waals surface area contributed by atoms with Gasteiger partial charge in [-0.25, -0.2) is 13.2 Å². The van der Waals surface area contributed by atoms with E-state index >= 15 is 0 Å². The van der Waals surface area contributed by atoms with Gasteiger partial charge in [-0.15, -0.1) is 0 Å². The number of carbonyl (C=O) groups excluding carboxylic acids is 1. The molecule has 0 saturated carbocycles. The van der Waals surface area contributed by atoms with E-state index < -0.39 is 21.7 Å². The molecule has 0 radical (unpaired) electrons. The van der Waals surface area contributed by atoms with Gasteiger partial charge in [0.25, 0.3) is 0 Å². The highest BCUT2D eigenvalue weighted by Gasteiger charge is 2.28. The van der Waals surface area contributed by atoms with Crippen molar-refractivity contribution in [2.24, 2.45) is 0 Å². The van der Waals surface area contributed by atoms with Crippen LogP contribution in [0, 0.1) is 11.3 Å². The van der Waals surface area contributed by atoms with Crippen LogP contribution in [0.3, 0.4) is 0 Å². The van der Waals surface area contributed by atoms with Crippen molar-refractivity contribution in [1.29, 1.82) is 5.26 Å². The fourth-order valence-electron chi connectivity index (χ4n) is 4.31. The van der Waals surface area contributed by atoms with E-state index in [9.17, 15) is 18.5 Å². The lowest BCUT2D eigenvalue weighted by molar-refractivity contribution is 0.0636. The molecule has 4 rings (SSSR count). The molecule has 0 aliphatic carbocycles. The third kappa shape index (κ3) is 4.46. The monoisotopic (exact) mass is 480 g/mol. The third-order valence-electron chi connectivity index (χ3n) is 5.67. The molecule has 8 nitrogen and oxygen atoms in total. The Morgan fingerprint density at radius 3 is 2.44 bits per heavy atom. The van der Waals surface area contributed by atoms with Crippen molar-refractivity contribution in [3.63, 3.8) is 0 Å². The molecule has 1 aromatic heterocycles. The number of nitrogens with zero attached hydrogens (tertiary/aromatic N) is 3. The maximum atomic E-state index is 12.3. The van der Waals surface area contributed by atoms with E-state index in [0.29, 0.717) is 36.4 Å². The molecule has 1 fully saturated rings. The Hall–Kier alpha value is -3.51. The number of aryl methyl sites for hydroxylation is 1. The van der Waals surface area contributed by atoms with Crippen LogP contribution in [0.2, 0.25) is 0 Å². The fraction of sp³-hybridized carbons (Fsp3) is 0.360.